The number of aliphatic hydroxyl groups excluding tert-OH is 1. The van der Waals surface area contributed by atoms with E-state index >= 15 is 0 Å². The van der Waals surface area contributed by atoms with Crippen LogP contribution < -0.4 is 15.4 Å². The van der Waals surface area contributed by atoms with Crippen LogP contribution in [0.2, 0.25) is 0 Å². The van der Waals surface area contributed by atoms with Crippen LogP contribution in [-0.2, 0) is 14.4 Å². The van der Waals surface area contributed by atoms with Gasteiger partial charge in [0.15, 0.2) is 0 Å². The van der Waals surface area contributed by atoms with E-state index in [1.54, 1.807) is 40.9 Å². The predicted octanol–water partition coefficient (Wildman–Crippen LogP) is 4.53. The van der Waals surface area contributed by atoms with Crippen molar-refractivity contribution in [2.24, 2.45) is 11.8 Å². The summed E-state index contributed by atoms with van der Waals surface area (Å²) < 4.78 is 4.27. The van der Waals surface area contributed by atoms with Crippen LogP contribution in [0.25, 0.3) is 0 Å². The third-order valence-corrected chi connectivity index (χ3v) is 10.9. The van der Waals surface area contributed by atoms with E-state index in [0.717, 1.165) is 23.3 Å². The molecule has 5 rings (SSSR count). The Kier molecular flexibility index (Phi) is 7.65. The summed E-state index contributed by atoms with van der Waals surface area (Å²) in [5.41, 5.74) is 3.30. The highest BCUT2D eigenvalue weighted by atomic mass is 32.2. The molecule has 9 heteroatoms. The van der Waals surface area contributed by atoms with Crippen molar-refractivity contribution in [3.8, 4) is 5.75 Å². The number of aryl methyl sites for hydroxylation is 2. The number of aliphatic hydroxyl groups is 1. The van der Waals surface area contributed by atoms with E-state index in [1.807, 2.05) is 52.8 Å². The standard InChI is InChI=1S/C31H39N3O5S/c1-6-21(17-35)34-26(28(37)33-23-16-18(3)8-9-19(23)4)31-15-14-30(5,40-31)24(25(31)29(34)38)27(36)32-20-10-12-22(13-11-20)39-7-2/h8-13,16,21,24-26,35H,6-7,14-15,17H2,1-5H3,(H,32,36)(H,33,37)/t21-,24-,25-,26?,30+,31?/m0/s1. The highest BCUT2D eigenvalue weighted by Gasteiger charge is 2.77. The molecule has 2 aromatic rings. The van der Waals surface area contributed by atoms with Crippen LogP contribution in [0.3, 0.4) is 0 Å². The van der Waals surface area contributed by atoms with Gasteiger partial charge in [-0.1, -0.05) is 19.1 Å². The quantitative estimate of drug-likeness (QED) is 0.412. The molecule has 0 aliphatic carbocycles. The number of hydrogen-bond donors (Lipinski definition) is 3. The molecule has 2 bridgehead atoms. The number of nitrogens with zero attached hydrogens (tertiary/aromatic N) is 1. The highest BCUT2D eigenvalue weighted by molar-refractivity contribution is 8.02. The zero-order chi connectivity index (χ0) is 28.8. The lowest BCUT2D eigenvalue weighted by Crippen LogP contribution is -2.54. The summed E-state index contributed by atoms with van der Waals surface area (Å²) in [4.78, 5) is 43.9. The van der Waals surface area contributed by atoms with Crippen LogP contribution in [-0.4, -0.2) is 62.5 Å². The molecule has 6 atom stereocenters. The fraction of sp³-hybridized carbons (Fsp3) is 0.516. The molecule has 2 unspecified atom stereocenters. The normalized spacial score (nSPS) is 29.3. The Bertz CT molecular complexity index is 1310. The van der Waals surface area contributed by atoms with E-state index in [1.165, 1.54) is 0 Å². The minimum atomic E-state index is -0.794. The van der Waals surface area contributed by atoms with Gasteiger partial charge in [0.1, 0.15) is 11.8 Å². The van der Waals surface area contributed by atoms with Crippen LogP contribution in [0.15, 0.2) is 42.5 Å². The fourth-order valence-electron chi connectivity index (χ4n) is 6.96. The van der Waals surface area contributed by atoms with Gasteiger partial charge in [-0.25, -0.2) is 0 Å². The number of amides is 3. The lowest BCUT2D eigenvalue weighted by Gasteiger charge is -2.36. The molecule has 3 aliphatic heterocycles. The minimum Gasteiger partial charge on any atom is -0.494 e. The van der Waals surface area contributed by atoms with Crippen LogP contribution in [0.4, 0.5) is 11.4 Å². The summed E-state index contributed by atoms with van der Waals surface area (Å²) in [5, 5.41) is 16.4. The fourth-order valence-corrected chi connectivity index (χ4v) is 9.31. The topological polar surface area (TPSA) is 108 Å². The van der Waals surface area contributed by atoms with E-state index < -0.39 is 33.4 Å². The number of hydrogen-bond acceptors (Lipinski definition) is 6. The summed E-state index contributed by atoms with van der Waals surface area (Å²) >= 11 is 1.62. The summed E-state index contributed by atoms with van der Waals surface area (Å²) in [7, 11) is 0. The Morgan fingerprint density at radius 2 is 1.82 bits per heavy atom. The second kappa shape index (κ2) is 10.7. The number of nitrogens with one attached hydrogen (secondary N) is 2. The first kappa shape index (κ1) is 28.5. The molecule has 3 fully saturated rings. The molecular weight excluding hydrogens is 526 g/mol. The number of likely N-dealkylation sites (tertiary alicyclic amines) is 1. The second-order valence-corrected chi connectivity index (χ2v) is 13.4. The van der Waals surface area contributed by atoms with Gasteiger partial charge in [0.2, 0.25) is 17.7 Å². The molecule has 3 N–H and O–H groups in total. The third-order valence-electron chi connectivity index (χ3n) is 8.90. The van der Waals surface area contributed by atoms with Gasteiger partial charge in [-0.15, -0.1) is 11.8 Å². The van der Waals surface area contributed by atoms with Crippen molar-refractivity contribution in [3.05, 3.63) is 53.6 Å². The first-order chi connectivity index (χ1) is 19.1. The smallest absolute Gasteiger partial charge is 0.248 e. The van der Waals surface area contributed by atoms with Crippen molar-refractivity contribution in [2.75, 3.05) is 23.8 Å². The molecule has 3 saturated heterocycles. The van der Waals surface area contributed by atoms with Crippen LogP contribution in [0.1, 0.15) is 51.2 Å². The molecule has 214 valence electrons. The zero-order valence-electron chi connectivity index (χ0n) is 23.8. The third kappa shape index (κ3) is 4.57. The average molecular weight is 566 g/mol. The van der Waals surface area contributed by atoms with Crippen molar-refractivity contribution in [1.29, 1.82) is 0 Å². The van der Waals surface area contributed by atoms with Crippen LogP contribution in [0, 0.1) is 25.7 Å². The first-order valence-corrected chi connectivity index (χ1v) is 14.9. The number of thioether (sulfide) groups is 1. The summed E-state index contributed by atoms with van der Waals surface area (Å²) in [6, 6.07) is 11.8. The maximum absolute atomic E-state index is 14.3. The molecule has 8 nitrogen and oxygen atoms in total. The van der Waals surface area contributed by atoms with Crippen molar-refractivity contribution in [3.63, 3.8) is 0 Å². The minimum absolute atomic E-state index is 0.216. The molecule has 40 heavy (non-hydrogen) atoms. The van der Waals surface area contributed by atoms with Crippen LogP contribution >= 0.6 is 11.8 Å². The largest absolute Gasteiger partial charge is 0.494 e. The number of ether oxygens (including phenoxy) is 1. The van der Waals surface area contributed by atoms with Gasteiger partial charge in [0.25, 0.3) is 0 Å². The van der Waals surface area contributed by atoms with E-state index in [2.05, 4.69) is 10.6 Å². The Morgan fingerprint density at radius 1 is 1.10 bits per heavy atom. The summed E-state index contributed by atoms with van der Waals surface area (Å²) in [5.74, 6) is -1.25. The number of rotatable bonds is 9. The number of benzene rings is 2. The molecule has 3 amide bonds. The Balaban J connectivity index is 1.50. The van der Waals surface area contributed by atoms with Crippen molar-refractivity contribution in [1.82, 2.24) is 4.90 Å². The van der Waals surface area contributed by atoms with Crippen LogP contribution in [0.5, 0.6) is 5.75 Å². The van der Waals surface area contributed by atoms with Gasteiger partial charge >= 0.3 is 0 Å². The Labute approximate surface area is 240 Å². The first-order valence-electron chi connectivity index (χ1n) is 14.1. The second-order valence-electron chi connectivity index (χ2n) is 11.5. The monoisotopic (exact) mass is 565 g/mol. The van der Waals surface area contributed by atoms with Gasteiger partial charge in [0, 0.05) is 16.1 Å². The van der Waals surface area contributed by atoms with Gasteiger partial charge in [-0.2, -0.15) is 0 Å². The molecule has 1 spiro atoms. The molecule has 0 radical (unpaired) electrons. The molecule has 3 heterocycles. The maximum Gasteiger partial charge on any atom is 0.248 e. The Morgan fingerprint density at radius 3 is 2.48 bits per heavy atom. The Hall–Kier alpha value is -3.04. The average Bonchev–Trinajstić information content (AvgIpc) is 3.49. The molecule has 2 aromatic carbocycles. The van der Waals surface area contributed by atoms with E-state index in [-0.39, 0.29) is 24.3 Å². The van der Waals surface area contributed by atoms with E-state index in [0.29, 0.717) is 30.8 Å². The number of anilines is 2. The summed E-state index contributed by atoms with van der Waals surface area (Å²) in [6.45, 7) is 10.1. The highest BCUT2D eigenvalue weighted by Crippen LogP contribution is 2.71. The number of fused-ring (bicyclic) bond motifs is 1. The molecular formula is C31H39N3O5S. The SMILES string of the molecule is CCOc1ccc(NC(=O)[C@@H]2[C@H]3C(=O)N([C@@H](CC)CO)C(C(=O)Nc4cc(C)ccc4C)C34CC[C@@]2(C)S4)cc1. The summed E-state index contributed by atoms with van der Waals surface area (Å²) in [6.07, 6.45) is 1.88. The zero-order valence-corrected chi connectivity index (χ0v) is 24.6. The lowest BCUT2D eigenvalue weighted by atomic mass is 9.66. The van der Waals surface area contributed by atoms with Gasteiger partial charge in [0.05, 0.1) is 35.8 Å². The van der Waals surface area contributed by atoms with E-state index in [4.69, 9.17) is 4.74 Å². The van der Waals surface area contributed by atoms with Crippen molar-refractivity contribution < 1.29 is 24.2 Å². The maximum atomic E-state index is 14.3. The van der Waals surface area contributed by atoms with Gasteiger partial charge in [-0.3, -0.25) is 14.4 Å². The van der Waals surface area contributed by atoms with Gasteiger partial charge < -0.3 is 25.4 Å². The molecule has 3 aliphatic rings. The van der Waals surface area contributed by atoms with E-state index in [9.17, 15) is 19.5 Å². The lowest BCUT2D eigenvalue weighted by molar-refractivity contribution is -0.141. The van der Waals surface area contributed by atoms with Gasteiger partial charge in [-0.05, 0) is 88.4 Å². The van der Waals surface area contributed by atoms with Crippen molar-refractivity contribution >= 4 is 40.9 Å². The predicted molar refractivity (Wildman–Crippen MR) is 158 cm³/mol. The number of carbonyl (C=O) groups excluding carboxylic acids is 3. The molecule has 0 saturated carbocycles. The van der Waals surface area contributed by atoms with Crippen molar-refractivity contribution in [2.45, 2.75) is 75.5 Å². The molecule has 0 aromatic heterocycles. The number of carbonyl (C=O) groups is 3.